The van der Waals surface area contributed by atoms with Crippen molar-refractivity contribution < 1.29 is 9.18 Å². The Labute approximate surface area is 109 Å². The van der Waals surface area contributed by atoms with Gasteiger partial charge in [-0.3, -0.25) is 10.2 Å². The first kappa shape index (κ1) is 12.0. The number of nitrogens with zero attached hydrogens (tertiary/aromatic N) is 1. The van der Waals surface area contributed by atoms with E-state index in [0.717, 1.165) is 36.9 Å². The van der Waals surface area contributed by atoms with E-state index in [0.29, 0.717) is 10.9 Å². The Hall–Kier alpha value is -2.01. The Kier molecular flexibility index (Phi) is 2.91. The third-order valence-corrected chi connectivity index (χ3v) is 3.60. The quantitative estimate of drug-likeness (QED) is 0.466. The van der Waals surface area contributed by atoms with Crippen molar-refractivity contribution in [1.29, 1.82) is 0 Å². The highest BCUT2D eigenvalue weighted by Gasteiger charge is 2.23. The number of aromatic nitrogens is 1. The molecule has 0 bridgehead atoms. The molecule has 0 unspecified atom stereocenters. The number of hydrogen-bond donors (Lipinski definition) is 2. The Bertz CT molecular complexity index is 669. The molecule has 0 saturated carbocycles. The van der Waals surface area contributed by atoms with E-state index in [4.69, 9.17) is 5.84 Å². The van der Waals surface area contributed by atoms with Crippen LogP contribution in [-0.4, -0.2) is 10.9 Å². The number of nitrogens with one attached hydrogen (secondary N) is 1. The lowest BCUT2D eigenvalue weighted by Crippen LogP contribution is -2.32. The van der Waals surface area contributed by atoms with Gasteiger partial charge >= 0.3 is 0 Å². The van der Waals surface area contributed by atoms with Crippen molar-refractivity contribution >= 4 is 16.8 Å². The van der Waals surface area contributed by atoms with Crippen LogP contribution in [0.5, 0.6) is 0 Å². The molecular formula is C14H14FN3O. The molecule has 3 N–H and O–H groups in total. The molecule has 4 nitrogen and oxygen atoms in total. The zero-order valence-corrected chi connectivity index (χ0v) is 10.4. The van der Waals surface area contributed by atoms with Crippen LogP contribution in [0.25, 0.3) is 10.9 Å². The maximum absolute atomic E-state index is 13.9. The van der Waals surface area contributed by atoms with Gasteiger partial charge in [-0.15, -0.1) is 0 Å². The van der Waals surface area contributed by atoms with Crippen LogP contribution in [0.1, 0.15) is 34.5 Å². The molecule has 19 heavy (non-hydrogen) atoms. The van der Waals surface area contributed by atoms with Gasteiger partial charge in [0, 0.05) is 11.1 Å². The molecule has 1 heterocycles. The Balaban J connectivity index is 2.40. The Morgan fingerprint density at radius 1 is 1.32 bits per heavy atom. The lowest BCUT2D eigenvalue weighted by Gasteiger charge is -2.19. The molecule has 1 amide bonds. The van der Waals surface area contributed by atoms with Gasteiger partial charge in [-0.2, -0.15) is 0 Å². The van der Waals surface area contributed by atoms with Crippen molar-refractivity contribution in [2.75, 3.05) is 0 Å². The van der Waals surface area contributed by atoms with Crippen molar-refractivity contribution in [3.63, 3.8) is 0 Å². The number of nitrogen functional groups attached to an aromatic ring is 1. The van der Waals surface area contributed by atoms with E-state index in [1.165, 1.54) is 6.07 Å². The molecule has 98 valence electrons. The standard InChI is InChI=1S/C14H14FN3O/c15-10-6-3-5-9-12(14(19)18-16)8-4-1-2-7-11(8)17-13(9)10/h3,5-6H,1-2,4,7,16H2,(H,18,19). The molecule has 1 aromatic carbocycles. The van der Waals surface area contributed by atoms with Crippen molar-refractivity contribution in [3.8, 4) is 0 Å². The molecule has 1 aliphatic rings. The topological polar surface area (TPSA) is 68.0 Å². The van der Waals surface area contributed by atoms with Crippen LogP contribution < -0.4 is 11.3 Å². The summed E-state index contributed by atoms with van der Waals surface area (Å²) in [7, 11) is 0. The smallest absolute Gasteiger partial charge is 0.266 e. The Morgan fingerprint density at radius 3 is 2.89 bits per heavy atom. The summed E-state index contributed by atoms with van der Waals surface area (Å²) >= 11 is 0. The third-order valence-electron chi connectivity index (χ3n) is 3.60. The Morgan fingerprint density at radius 2 is 2.11 bits per heavy atom. The summed E-state index contributed by atoms with van der Waals surface area (Å²) in [6.45, 7) is 0. The molecule has 0 aliphatic heterocycles. The highest BCUT2D eigenvalue weighted by molar-refractivity contribution is 6.07. The van der Waals surface area contributed by atoms with Crippen molar-refractivity contribution in [3.05, 3.63) is 40.8 Å². The van der Waals surface area contributed by atoms with Gasteiger partial charge in [-0.05, 0) is 37.3 Å². The fourth-order valence-corrected chi connectivity index (χ4v) is 2.74. The monoisotopic (exact) mass is 259 g/mol. The number of halogens is 1. The number of aryl methyl sites for hydroxylation is 1. The molecule has 0 fully saturated rings. The molecule has 1 aliphatic carbocycles. The van der Waals surface area contributed by atoms with Crippen LogP contribution in [0.15, 0.2) is 18.2 Å². The number of carbonyl (C=O) groups is 1. The van der Waals surface area contributed by atoms with Crippen molar-refractivity contribution in [2.45, 2.75) is 25.7 Å². The molecule has 0 saturated heterocycles. The largest absolute Gasteiger partial charge is 0.290 e. The highest BCUT2D eigenvalue weighted by Crippen LogP contribution is 2.30. The molecular weight excluding hydrogens is 245 g/mol. The number of hydrazine groups is 1. The SMILES string of the molecule is NNC(=O)c1c2c(nc3c(F)cccc13)CCCC2. The van der Waals surface area contributed by atoms with E-state index < -0.39 is 5.82 Å². The fraction of sp³-hybridized carbons (Fsp3) is 0.286. The number of rotatable bonds is 1. The maximum Gasteiger partial charge on any atom is 0.266 e. The summed E-state index contributed by atoms with van der Waals surface area (Å²) in [5.41, 5.74) is 4.61. The normalized spacial score (nSPS) is 14.2. The van der Waals surface area contributed by atoms with Gasteiger partial charge in [0.1, 0.15) is 11.3 Å². The number of fused-ring (bicyclic) bond motifs is 2. The van der Waals surface area contributed by atoms with Crippen LogP contribution in [0.2, 0.25) is 0 Å². The van der Waals surface area contributed by atoms with Gasteiger partial charge in [-0.1, -0.05) is 12.1 Å². The second-order valence-corrected chi connectivity index (χ2v) is 4.73. The number of carbonyl (C=O) groups excluding carboxylic acids is 1. The van der Waals surface area contributed by atoms with Crippen molar-refractivity contribution in [2.24, 2.45) is 5.84 Å². The maximum atomic E-state index is 13.9. The number of amides is 1. The molecule has 1 aromatic heterocycles. The number of nitrogens with two attached hydrogens (primary N) is 1. The molecule has 5 heteroatoms. The first-order valence-corrected chi connectivity index (χ1v) is 6.33. The number of hydrogen-bond acceptors (Lipinski definition) is 3. The van der Waals surface area contributed by atoms with Crippen molar-refractivity contribution in [1.82, 2.24) is 10.4 Å². The second kappa shape index (κ2) is 4.59. The molecule has 0 radical (unpaired) electrons. The lowest BCUT2D eigenvalue weighted by molar-refractivity contribution is 0.0954. The average molecular weight is 259 g/mol. The minimum absolute atomic E-state index is 0.252. The average Bonchev–Trinajstić information content (AvgIpc) is 2.45. The van der Waals surface area contributed by atoms with Gasteiger partial charge in [-0.25, -0.2) is 15.2 Å². The summed E-state index contributed by atoms with van der Waals surface area (Å²) in [4.78, 5) is 16.4. The summed E-state index contributed by atoms with van der Waals surface area (Å²) in [6.07, 6.45) is 3.60. The van der Waals surface area contributed by atoms with Crippen LogP contribution >= 0.6 is 0 Å². The van der Waals surface area contributed by atoms with Crippen LogP contribution in [0, 0.1) is 5.82 Å². The van der Waals surface area contributed by atoms with E-state index in [1.807, 2.05) is 0 Å². The zero-order valence-electron chi connectivity index (χ0n) is 10.4. The fourth-order valence-electron chi connectivity index (χ4n) is 2.74. The van der Waals surface area contributed by atoms with Gasteiger partial charge in [0.05, 0.1) is 5.56 Å². The lowest BCUT2D eigenvalue weighted by atomic mass is 9.89. The van der Waals surface area contributed by atoms with Crippen LogP contribution in [0.4, 0.5) is 4.39 Å². The number of para-hydroxylation sites is 1. The highest BCUT2D eigenvalue weighted by atomic mass is 19.1. The predicted molar refractivity (Wildman–Crippen MR) is 70.0 cm³/mol. The predicted octanol–water partition coefficient (Wildman–Crippen LogP) is 1.86. The van der Waals surface area contributed by atoms with E-state index in [9.17, 15) is 9.18 Å². The molecule has 3 rings (SSSR count). The van der Waals surface area contributed by atoms with E-state index in [-0.39, 0.29) is 11.4 Å². The van der Waals surface area contributed by atoms with Gasteiger partial charge < -0.3 is 0 Å². The van der Waals surface area contributed by atoms with E-state index >= 15 is 0 Å². The summed E-state index contributed by atoms with van der Waals surface area (Å²) in [6, 6.07) is 4.65. The first-order valence-electron chi connectivity index (χ1n) is 6.33. The van der Waals surface area contributed by atoms with Gasteiger partial charge in [0.15, 0.2) is 0 Å². The van der Waals surface area contributed by atoms with Crippen LogP contribution in [0.3, 0.4) is 0 Å². The van der Waals surface area contributed by atoms with E-state index in [2.05, 4.69) is 10.4 Å². The second-order valence-electron chi connectivity index (χ2n) is 4.73. The summed E-state index contributed by atoms with van der Waals surface area (Å²) in [5.74, 6) is 4.47. The van der Waals surface area contributed by atoms with Gasteiger partial charge in [0.2, 0.25) is 0 Å². The zero-order chi connectivity index (χ0) is 13.4. The van der Waals surface area contributed by atoms with Crippen LogP contribution in [-0.2, 0) is 12.8 Å². The molecule has 0 atom stereocenters. The first-order chi connectivity index (χ1) is 9.22. The molecule has 2 aromatic rings. The summed E-state index contributed by atoms with van der Waals surface area (Å²) in [5, 5.41) is 0.531. The van der Waals surface area contributed by atoms with E-state index in [1.54, 1.807) is 12.1 Å². The third kappa shape index (κ3) is 1.86. The summed E-state index contributed by atoms with van der Waals surface area (Å²) < 4.78 is 13.9. The van der Waals surface area contributed by atoms with Gasteiger partial charge in [0.25, 0.3) is 5.91 Å². The molecule has 0 spiro atoms. The number of pyridine rings is 1. The minimum atomic E-state index is -0.406. The number of benzene rings is 1. The minimum Gasteiger partial charge on any atom is -0.290 e.